The van der Waals surface area contributed by atoms with E-state index in [1.807, 2.05) is 0 Å². The highest BCUT2D eigenvalue weighted by atomic mass is 35.5. The first-order valence-corrected chi connectivity index (χ1v) is 5.02. The van der Waals surface area contributed by atoms with Crippen molar-refractivity contribution in [3.63, 3.8) is 0 Å². The smallest absolute Gasteiger partial charge is 0.491 e. The predicted octanol–water partition coefficient (Wildman–Crippen LogP) is 4.32. The molecule has 0 aliphatic rings. The Kier molecular flexibility index (Phi) is 4.16. The molecule has 0 saturated heterocycles. The molecule has 0 saturated carbocycles. The van der Waals surface area contributed by atoms with Crippen LogP contribution in [-0.2, 0) is 0 Å². The SMILES string of the molecule is C=C(COc1cccc(Cl)c1Cl)[B-](F)(F)F. The van der Waals surface area contributed by atoms with E-state index < -0.39 is 19.1 Å². The standard InChI is InChI=1S/C9H7BCl2F3O/c1-6(10(13,14)15)5-16-8-4-2-3-7(11)9(8)12/h2-4H,1,5H2/q-1. The molecule has 0 aliphatic carbocycles. The van der Waals surface area contributed by atoms with E-state index in [-0.39, 0.29) is 15.8 Å². The summed E-state index contributed by atoms with van der Waals surface area (Å²) in [5.74, 6) is 0.107. The Balaban J connectivity index is 2.69. The normalized spacial score (nSPS) is 11.3. The van der Waals surface area contributed by atoms with Crippen molar-refractivity contribution in [2.24, 2.45) is 0 Å². The number of ether oxygens (including phenoxy) is 1. The largest absolute Gasteiger partial charge is 0.508 e. The zero-order valence-electron chi connectivity index (χ0n) is 8.02. The second-order valence-electron chi connectivity index (χ2n) is 3.07. The van der Waals surface area contributed by atoms with Crippen LogP contribution in [0.5, 0.6) is 5.75 Å². The van der Waals surface area contributed by atoms with Gasteiger partial charge in [-0.2, -0.15) is 0 Å². The molecule has 16 heavy (non-hydrogen) atoms. The Morgan fingerprint density at radius 1 is 1.31 bits per heavy atom. The molecule has 88 valence electrons. The summed E-state index contributed by atoms with van der Waals surface area (Å²) in [5.41, 5.74) is -0.920. The minimum absolute atomic E-state index is 0.0895. The van der Waals surface area contributed by atoms with Crippen molar-refractivity contribution in [2.45, 2.75) is 0 Å². The number of hydrogen-bond donors (Lipinski definition) is 0. The Morgan fingerprint density at radius 2 is 1.94 bits per heavy atom. The van der Waals surface area contributed by atoms with Gasteiger partial charge in [0.2, 0.25) is 0 Å². The second-order valence-corrected chi connectivity index (χ2v) is 3.86. The topological polar surface area (TPSA) is 9.23 Å². The average Bonchev–Trinajstić information content (AvgIpc) is 2.18. The summed E-state index contributed by atoms with van der Waals surface area (Å²) in [5, 5.41) is 0.314. The minimum Gasteiger partial charge on any atom is -0.491 e. The molecule has 1 aromatic carbocycles. The second kappa shape index (κ2) is 5.02. The predicted molar refractivity (Wildman–Crippen MR) is 60.2 cm³/mol. The van der Waals surface area contributed by atoms with Crippen LogP contribution in [0.15, 0.2) is 30.3 Å². The Bertz CT molecular complexity index is 406. The molecule has 0 fully saturated rings. The van der Waals surface area contributed by atoms with E-state index in [1.54, 1.807) is 0 Å². The van der Waals surface area contributed by atoms with Gasteiger partial charge in [0.25, 0.3) is 0 Å². The van der Waals surface area contributed by atoms with Crippen molar-refractivity contribution in [1.29, 1.82) is 0 Å². The Labute approximate surface area is 101 Å². The van der Waals surface area contributed by atoms with Gasteiger partial charge in [-0.3, -0.25) is 0 Å². The first-order chi connectivity index (χ1) is 7.32. The lowest BCUT2D eigenvalue weighted by Crippen LogP contribution is -2.23. The van der Waals surface area contributed by atoms with E-state index in [0.717, 1.165) is 0 Å². The first-order valence-electron chi connectivity index (χ1n) is 4.27. The molecule has 0 unspecified atom stereocenters. The van der Waals surface area contributed by atoms with Gasteiger partial charge in [0.15, 0.2) is 0 Å². The van der Waals surface area contributed by atoms with E-state index in [0.29, 0.717) is 0 Å². The average molecular weight is 270 g/mol. The molecule has 0 aromatic heterocycles. The maximum Gasteiger partial charge on any atom is 0.508 e. The first kappa shape index (κ1) is 13.3. The van der Waals surface area contributed by atoms with Gasteiger partial charge in [-0.1, -0.05) is 29.3 Å². The van der Waals surface area contributed by atoms with E-state index >= 15 is 0 Å². The van der Waals surface area contributed by atoms with Crippen LogP contribution in [0.1, 0.15) is 0 Å². The number of rotatable bonds is 4. The summed E-state index contributed by atoms with van der Waals surface area (Å²) < 4.78 is 41.4. The van der Waals surface area contributed by atoms with Crippen LogP contribution in [0.25, 0.3) is 0 Å². The van der Waals surface area contributed by atoms with Crippen molar-refractivity contribution in [3.05, 3.63) is 40.3 Å². The summed E-state index contributed by atoms with van der Waals surface area (Å²) in [6.07, 6.45) is 0. The summed E-state index contributed by atoms with van der Waals surface area (Å²) in [6, 6.07) is 4.48. The van der Waals surface area contributed by atoms with Crippen molar-refractivity contribution >= 4 is 30.2 Å². The molecule has 1 rings (SSSR count). The van der Waals surface area contributed by atoms with Gasteiger partial charge in [-0.15, -0.1) is 12.1 Å². The van der Waals surface area contributed by atoms with Gasteiger partial charge in [0.1, 0.15) is 10.8 Å². The van der Waals surface area contributed by atoms with Crippen LogP contribution in [0.2, 0.25) is 10.0 Å². The van der Waals surface area contributed by atoms with Gasteiger partial charge < -0.3 is 17.7 Å². The number of halogens is 5. The van der Waals surface area contributed by atoms with Crippen molar-refractivity contribution in [1.82, 2.24) is 0 Å². The fraction of sp³-hybridized carbons (Fsp3) is 0.111. The van der Waals surface area contributed by atoms with Gasteiger partial charge in [0.05, 0.1) is 11.6 Å². The zero-order valence-corrected chi connectivity index (χ0v) is 9.53. The Morgan fingerprint density at radius 3 is 2.50 bits per heavy atom. The lowest BCUT2D eigenvalue weighted by atomic mass is 9.81. The third kappa shape index (κ3) is 3.35. The molecule has 0 bridgehead atoms. The highest BCUT2D eigenvalue weighted by molar-refractivity contribution is 6.66. The zero-order chi connectivity index (χ0) is 12.3. The van der Waals surface area contributed by atoms with E-state index in [4.69, 9.17) is 27.9 Å². The molecular formula is C9H7BCl2F3O-. The summed E-state index contributed by atoms with van der Waals surface area (Å²) in [6.45, 7) is -2.84. The van der Waals surface area contributed by atoms with Crippen LogP contribution in [0.3, 0.4) is 0 Å². The van der Waals surface area contributed by atoms with Crippen molar-refractivity contribution < 1.29 is 17.7 Å². The summed E-state index contributed by atoms with van der Waals surface area (Å²) in [4.78, 5) is 0. The molecule has 0 amide bonds. The molecule has 1 aromatic rings. The molecule has 0 atom stereocenters. The maximum absolute atomic E-state index is 12.2. The molecule has 7 heteroatoms. The van der Waals surface area contributed by atoms with Crippen LogP contribution >= 0.6 is 23.2 Å². The molecule has 0 aliphatic heterocycles. The van der Waals surface area contributed by atoms with E-state index in [9.17, 15) is 12.9 Å². The van der Waals surface area contributed by atoms with Gasteiger partial charge in [-0.25, -0.2) is 0 Å². The van der Waals surface area contributed by atoms with Gasteiger partial charge in [0, 0.05) is 0 Å². The summed E-state index contributed by atoms with van der Waals surface area (Å²) in [7, 11) is 0. The molecule has 1 nitrogen and oxygen atoms in total. The lowest BCUT2D eigenvalue weighted by Gasteiger charge is -2.18. The molecule has 0 N–H and O–H groups in total. The van der Waals surface area contributed by atoms with Crippen molar-refractivity contribution in [2.75, 3.05) is 6.61 Å². The monoisotopic (exact) mass is 269 g/mol. The van der Waals surface area contributed by atoms with E-state index in [2.05, 4.69) is 6.58 Å². The third-order valence-corrected chi connectivity index (χ3v) is 2.59. The molecule has 0 spiro atoms. The Hall–Kier alpha value is -0.805. The van der Waals surface area contributed by atoms with Gasteiger partial charge >= 0.3 is 6.98 Å². The molecule has 0 heterocycles. The van der Waals surface area contributed by atoms with Crippen molar-refractivity contribution in [3.8, 4) is 5.75 Å². The van der Waals surface area contributed by atoms with Crippen LogP contribution in [0, 0.1) is 0 Å². The van der Waals surface area contributed by atoms with Crippen LogP contribution < -0.4 is 4.74 Å². The summed E-state index contributed by atoms with van der Waals surface area (Å²) >= 11 is 11.4. The highest BCUT2D eigenvalue weighted by Gasteiger charge is 2.27. The quantitative estimate of drug-likeness (QED) is 0.740. The lowest BCUT2D eigenvalue weighted by molar-refractivity contribution is 0.347. The fourth-order valence-corrected chi connectivity index (χ4v) is 1.21. The minimum atomic E-state index is -5.09. The third-order valence-electron chi connectivity index (χ3n) is 1.79. The van der Waals surface area contributed by atoms with Crippen LogP contribution in [0.4, 0.5) is 12.9 Å². The number of benzene rings is 1. The fourth-order valence-electron chi connectivity index (χ4n) is 0.860. The molecular weight excluding hydrogens is 263 g/mol. The highest BCUT2D eigenvalue weighted by Crippen LogP contribution is 2.32. The molecule has 0 radical (unpaired) electrons. The van der Waals surface area contributed by atoms with Gasteiger partial charge in [-0.05, 0) is 12.1 Å². The van der Waals surface area contributed by atoms with Crippen LogP contribution in [-0.4, -0.2) is 13.6 Å². The maximum atomic E-state index is 12.2. The number of hydrogen-bond acceptors (Lipinski definition) is 1. The van der Waals surface area contributed by atoms with E-state index in [1.165, 1.54) is 18.2 Å².